The molecule has 3 nitrogen and oxygen atoms in total. The highest BCUT2D eigenvalue weighted by Crippen LogP contribution is 2.55. The van der Waals surface area contributed by atoms with E-state index in [1.807, 2.05) is 18.2 Å². The minimum absolute atomic E-state index is 0.408. The first-order chi connectivity index (χ1) is 30.1. The Labute approximate surface area is 354 Å². The summed E-state index contributed by atoms with van der Waals surface area (Å²) >= 11 is 0. The normalized spacial score (nSPS) is 14.4. The van der Waals surface area contributed by atoms with Gasteiger partial charge in [-0.2, -0.15) is 0 Å². The molecule has 3 heteroatoms. The molecule has 61 heavy (non-hydrogen) atoms. The monoisotopic (exact) mass is 778 g/mol. The van der Waals surface area contributed by atoms with Gasteiger partial charge < -0.3 is 4.42 Å². The summed E-state index contributed by atoms with van der Waals surface area (Å²) in [5.41, 5.74) is 16.8. The van der Waals surface area contributed by atoms with Crippen LogP contribution in [0.4, 0.5) is 0 Å². The minimum Gasteiger partial charge on any atom is -0.455 e. The molecule has 1 unspecified atom stereocenters. The molecule has 0 spiro atoms. The zero-order valence-corrected chi connectivity index (χ0v) is 33.5. The van der Waals surface area contributed by atoms with Crippen molar-refractivity contribution in [3.63, 3.8) is 0 Å². The van der Waals surface area contributed by atoms with Crippen LogP contribution >= 0.6 is 0 Å². The van der Waals surface area contributed by atoms with Gasteiger partial charge in [0.05, 0.1) is 11.4 Å². The van der Waals surface area contributed by atoms with Crippen molar-refractivity contribution in [2.45, 2.75) is 12.3 Å². The van der Waals surface area contributed by atoms with Gasteiger partial charge in [-0.3, -0.25) is 0 Å². The van der Waals surface area contributed by atoms with Gasteiger partial charge in [0.15, 0.2) is 5.82 Å². The highest BCUT2D eigenvalue weighted by molar-refractivity contribution is 6.10. The Morgan fingerprint density at radius 1 is 0.393 bits per heavy atom. The maximum atomic E-state index is 6.65. The Morgan fingerprint density at radius 3 is 1.84 bits per heavy atom. The van der Waals surface area contributed by atoms with Crippen molar-refractivity contribution in [2.75, 3.05) is 0 Å². The molecular weight excluding hydrogens is 741 g/mol. The molecule has 9 aromatic carbocycles. The van der Waals surface area contributed by atoms with Crippen LogP contribution in [0.15, 0.2) is 217 Å². The van der Waals surface area contributed by atoms with Crippen molar-refractivity contribution in [3.8, 4) is 67.3 Å². The van der Waals surface area contributed by atoms with Gasteiger partial charge in [-0.25, -0.2) is 9.97 Å². The van der Waals surface area contributed by atoms with Gasteiger partial charge >= 0.3 is 0 Å². The standard InChI is InChI=1S/C58H38N2O/c1-58(42-21-6-3-7-22-42)51-31-12-10-24-46(51)48-28-16-30-50(55(48)58)53-36-52(59-57(60-53)38-18-4-2-5-19-38)41-34-39(44-26-14-20-37-17-8-9-23-43(37)44)33-40(35-41)45-27-15-29-49-47-25-11-13-32-54(47)61-56(45)49/h2-36H,1H3. The second kappa shape index (κ2) is 13.9. The maximum Gasteiger partial charge on any atom is 0.160 e. The predicted octanol–water partition coefficient (Wildman–Crippen LogP) is 15.2. The number of fused-ring (bicyclic) bond motifs is 7. The largest absolute Gasteiger partial charge is 0.455 e. The molecule has 0 saturated carbocycles. The summed E-state index contributed by atoms with van der Waals surface area (Å²) in [6.45, 7) is 2.37. The lowest BCUT2D eigenvalue weighted by Crippen LogP contribution is -2.23. The lowest BCUT2D eigenvalue weighted by Gasteiger charge is -2.30. The summed E-state index contributed by atoms with van der Waals surface area (Å²) in [6, 6.07) is 75.8. The van der Waals surface area contributed by atoms with Crippen molar-refractivity contribution in [3.05, 3.63) is 229 Å². The summed E-state index contributed by atoms with van der Waals surface area (Å²) in [7, 11) is 0. The summed E-state index contributed by atoms with van der Waals surface area (Å²) in [4.78, 5) is 10.9. The quantitative estimate of drug-likeness (QED) is 0.169. The Hall–Kier alpha value is -7.88. The third-order valence-corrected chi connectivity index (χ3v) is 12.8. The molecule has 0 N–H and O–H groups in total. The van der Waals surface area contributed by atoms with Gasteiger partial charge in [-0.1, -0.05) is 182 Å². The van der Waals surface area contributed by atoms with Gasteiger partial charge in [-0.05, 0) is 92.5 Å². The molecule has 0 fully saturated rings. The van der Waals surface area contributed by atoms with Gasteiger partial charge in [-0.15, -0.1) is 0 Å². The molecule has 286 valence electrons. The van der Waals surface area contributed by atoms with Gasteiger partial charge in [0.1, 0.15) is 11.2 Å². The molecular formula is C58H38N2O. The van der Waals surface area contributed by atoms with E-state index < -0.39 is 5.41 Å². The third-order valence-electron chi connectivity index (χ3n) is 12.8. The average molecular weight is 779 g/mol. The van der Waals surface area contributed by atoms with Gasteiger partial charge in [0, 0.05) is 38.4 Å². The molecule has 0 aliphatic heterocycles. The number of para-hydroxylation sites is 2. The second-order valence-corrected chi connectivity index (χ2v) is 16.2. The predicted molar refractivity (Wildman–Crippen MR) is 251 cm³/mol. The zero-order valence-electron chi connectivity index (χ0n) is 33.5. The first kappa shape index (κ1) is 35.1. The van der Waals surface area contributed by atoms with Gasteiger partial charge in [0.2, 0.25) is 0 Å². The summed E-state index contributed by atoms with van der Waals surface area (Å²) in [5, 5.41) is 4.60. The van der Waals surface area contributed by atoms with Crippen LogP contribution in [0.25, 0.3) is 100.0 Å². The van der Waals surface area contributed by atoms with E-state index in [4.69, 9.17) is 14.4 Å². The molecule has 0 amide bonds. The Morgan fingerprint density at radius 2 is 0.967 bits per heavy atom. The van der Waals surface area contributed by atoms with Crippen LogP contribution in [-0.2, 0) is 5.41 Å². The molecule has 12 rings (SSSR count). The number of furan rings is 1. The molecule has 0 saturated heterocycles. The first-order valence-corrected chi connectivity index (χ1v) is 20.9. The number of benzene rings is 9. The van der Waals surface area contributed by atoms with Crippen molar-refractivity contribution in [1.82, 2.24) is 9.97 Å². The molecule has 2 aromatic heterocycles. The fraction of sp³-hybridized carbons (Fsp3) is 0.0345. The maximum absolute atomic E-state index is 6.65. The SMILES string of the molecule is CC1(c2ccccc2)c2ccccc2-c2cccc(-c3cc(-c4cc(-c5cccc6ccccc56)cc(-c5cccc6c5oc5ccccc56)c4)nc(-c4ccccc4)n3)c21. The molecule has 1 aliphatic carbocycles. The molecule has 0 bridgehead atoms. The lowest BCUT2D eigenvalue weighted by molar-refractivity contribution is 0.670. The van der Waals surface area contributed by atoms with E-state index >= 15 is 0 Å². The smallest absolute Gasteiger partial charge is 0.160 e. The van der Waals surface area contributed by atoms with Crippen LogP contribution in [0.3, 0.4) is 0 Å². The van der Waals surface area contributed by atoms with Crippen molar-refractivity contribution >= 4 is 32.7 Å². The minimum atomic E-state index is -0.408. The van der Waals surface area contributed by atoms with E-state index in [1.165, 1.54) is 38.6 Å². The Kier molecular flexibility index (Phi) is 7.98. The number of nitrogens with zero attached hydrogens (tertiary/aromatic N) is 2. The van der Waals surface area contributed by atoms with Crippen molar-refractivity contribution in [1.29, 1.82) is 0 Å². The Bertz CT molecular complexity index is 3490. The average Bonchev–Trinajstić information content (AvgIpc) is 3.85. The van der Waals surface area contributed by atoms with E-state index in [9.17, 15) is 0 Å². The van der Waals surface area contributed by atoms with E-state index in [0.29, 0.717) is 5.82 Å². The van der Waals surface area contributed by atoms with Crippen LogP contribution in [0.5, 0.6) is 0 Å². The van der Waals surface area contributed by atoms with E-state index in [1.54, 1.807) is 0 Å². The lowest BCUT2D eigenvalue weighted by atomic mass is 9.72. The number of rotatable bonds is 6. The fourth-order valence-corrected chi connectivity index (χ4v) is 9.88. The molecule has 2 heterocycles. The van der Waals surface area contributed by atoms with Crippen molar-refractivity contribution in [2.24, 2.45) is 0 Å². The molecule has 11 aromatic rings. The number of aromatic nitrogens is 2. The molecule has 0 radical (unpaired) electrons. The highest BCUT2D eigenvalue weighted by Gasteiger charge is 2.42. The van der Waals surface area contributed by atoms with Crippen LogP contribution < -0.4 is 0 Å². The molecule has 1 atom stereocenters. The van der Waals surface area contributed by atoms with Crippen molar-refractivity contribution < 1.29 is 4.42 Å². The topological polar surface area (TPSA) is 38.9 Å². The van der Waals surface area contributed by atoms with Gasteiger partial charge in [0.25, 0.3) is 0 Å². The second-order valence-electron chi connectivity index (χ2n) is 16.2. The summed E-state index contributed by atoms with van der Waals surface area (Å²) < 4.78 is 6.65. The summed E-state index contributed by atoms with van der Waals surface area (Å²) in [5.74, 6) is 0.680. The number of hydrogen-bond donors (Lipinski definition) is 0. The summed E-state index contributed by atoms with van der Waals surface area (Å²) in [6.07, 6.45) is 0. The third kappa shape index (κ3) is 5.58. The van der Waals surface area contributed by atoms with E-state index in [-0.39, 0.29) is 0 Å². The van der Waals surface area contributed by atoms with E-state index in [0.717, 1.165) is 72.3 Å². The van der Waals surface area contributed by atoms with E-state index in [2.05, 4.69) is 201 Å². The van der Waals surface area contributed by atoms with Crippen LogP contribution in [0, 0.1) is 0 Å². The Balaban J connectivity index is 1.14. The highest BCUT2D eigenvalue weighted by atomic mass is 16.3. The molecule has 1 aliphatic rings. The zero-order chi connectivity index (χ0) is 40.5. The van der Waals surface area contributed by atoms with Crippen LogP contribution in [-0.4, -0.2) is 9.97 Å². The van der Waals surface area contributed by atoms with Crippen LogP contribution in [0.1, 0.15) is 23.6 Å². The fourth-order valence-electron chi connectivity index (χ4n) is 9.88. The number of hydrogen-bond acceptors (Lipinski definition) is 3. The van der Waals surface area contributed by atoms with Crippen LogP contribution in [0.2, 0.25) is 0 Å². The first-order valence-electron chi connectivity index (χ1n) is 20.9.